The van der Waals surface area contributed by atoms with Crippen LogP contribution in [-0.4, -0.2) is 27.6 Å². The molecule has 2 aromatic heterocycles. The van der Waals surface area contributed by atoms with Crippen LogP contribution in [0.25, 0.3) is 0 Å². The van der Waals surface area contributed by atoms with Crippen LogP contribution in [0.1, 0.15) is 20.9 Å². The molecule has 6 nitrogen and oxygen atoms in total. The lowest BCUT2D eigenvalue weighted by Crippen LogP contribution is -2.12. The number of carbonyl (C=O) groups excluding carboxylic acids is 1. The highest BCUT2D eigenvalue weighted by Gasteiger charge is 2.09. The van der Waals surface area contributed by atoms with Crippen LogP contribution in [0.2, 0.25) is 0 Å². The molecule has 0 aromatic carbocycles. The third-order valence-electron chi connectivity index (χ3n) is 2.08. The van der Waals surface area contributed by atoms with Gasteiger partial charge in [-0.3, -0.25) is 15.1 Å². The number of anilines is 1. The third kappa shape index (κ3) is 3.58. The van der Waals surface area contributed by atoms with E-state index in [1.54, 1.807) is 12.3 Å². The van der Waals surface area contributed by atoms with Crippen molar-refractivity contribution in [3.8, 4) is 11.8 Å². The van der Waals surface area contributed by atoms with Gasteiger partial charge in [-0.2, -0.15) is 0 Å². The average molecular weight is 273 g/mol. The van der Waals surface area contributed by atoms with Gasteiger partial charge in [0.05, 0.1) is 12.1 Å². The molecule has 0 bridgehead atoms. The summed E-state index contributed by atoms with van der Waals surface area (Å²) in [6.45, 7) is 2.08. The Morgan fingerprint density at radius 1 is 1.47 bits per heavy atom. The molecule has 7 heteroatoms. The number of aryl methyl sites for hydroxylation is 1. The zero-order chi connectivity index (χ0) is 13.7. The van der Waals surface area contributed by atoms with Crippen molar-refractivity contribution in [3.05, 3.63) is 34.6 Å². The van der Waals surface area contributed by atoms with E-state index in [0.29, 0.717) is 16.3 Å². The number of aromatic nitrogens is 3. The van der Waals surface area contributed by atoms with E-state index in [1.165, 1.54) is 17.5 Å². The van der Waals surface area contributed by atoms with Gasteiger partial charge in [-0.25, -0.2) is 0 Å². The highest BCUT2D eigenvalue weighted by atomic mass is 32.1. The molecule has 0 aliphatic rings. The van der Waals surface area contributed by atoms with Gasteiger partial charge in [0.2, 0.25) is 5.13 Å². The monoisotopic (exact) mass is 273 g/mol. The highest BCUT2D eigenvalue weighted by Crippen LogP contribution is 2.14. The maximum Gasteiger partial charge on any atom is 0.259 e. The number of nitrogens with one attached hydrogen (secondary N) is 1. The highest BCUT2D eigenvalue weighted by molar-refractivity contribution is 7.15. The lowest BCUT2D eigenvalue weighted by Gasteiger charge is -2.00. The van der Waals surface area contributed by atoms with Crippen molar-refractivity contribution < 1.29 is 4.79 Å². The topological polar surface area (TPSA) is 93.8 Å². The Balaban J connectivity index is 2.15. The summed E-state index contributed by atoms with van der Waals surface area (Å²) in [5, 5.41) is 11.6. The van der Waals surface area contributed by atoms with Crippen LogP contribution in [0.4, 0.5) is 5.13 Å². The molecular formula is C12H11N5OS. The second-order valence-electron chi connectivity index (χ2n) is 3.55. The first-order chi connectivity index (χ1) is 9.19. The SMILES string of the molecule is Cc1nnc(NC(=O)c2cncc(C#CCN)c2)s1. The average Bonchev–Trinajstić information content (AvgIpc) is 2.82. The van der Waals surface area contributed by atoms with Crippen LogP contribution in [-0.2, 0) is 0 Å². The zero-order valence-electron chi connectivity index (χ0n) is 10.2. The van der Waals surface area contributed by atoms with Gasteiger partial charge in [0, 0.05) is 18.0 Å². The molecule has 0 fully saturated rings. The summed E-state index contributed by atoms with van der Waals surface area (Å²) in [5.74, 6) is 5.24. The molecule has 0 aliphatic carbocycles. The number of hydrogen-bond acceptors (Lipinski definition) is 6. The maximum absolute atomic E-state index is 12.0. The van der Waals surface area contributed by atoms with E-state index in [1.807, 2.05) is 6.92 Å². The molecule has 0 radical (unpaired) electrons. The van der Waals surface area contributed by atoms with Gasteiger partial charge in [0.25, 0.3) is 5.91 Å². The lowest BCUT2D eigenvalue weighted by molar-refractivity contribution is 0.102. The van der Waals surface area contributed by atoms with Crippen LogP contribution in [0.3, 0.4) is 0 Å². The molecular weight excluding hydrogens is 262 g/mol. The van der Waals surface area contributed by atoms with E-state index >= 15 is 0 Å². The first kappa shape index (κ1) is 13.1. The quantitative estimate of drug-likeness (QED) is 0.789. The number of carbonyl (C=O) groups is 1. The summed E-state index contributed by atoms with van der Waals surface area (Å²) >= 11 is 1.31. The van der Waals surface area contributed by atoms with Gasteiger partial charge >= 0.3 is 0 Å². The molecule has 0 aliphatic heterocycles. The van der Waals surface area contributed by atoms with Crippen LogP contribution < -0.4 is 11.1 Å². The summed E-state index contributed by atoms with van der Waals surface area (Å²) in [7, 11) is 0. The van der Waals surface area contributed by atoms with Crippen molar-refractivity contribution in [1.29, 1.82) is 0 Å². The minimum Gasteiger partial charge on any atom is -0.320 e. The van der Waals surface area contributed by atoms with Gasteiger partial charge in [-0.1, -0.05) is 23.2 Å². The number of amides is 1. The van der Waals surface area contributed by atoms with Gasteiger partial charge in [0.15, 0.2) is 0 Å². The van der Waals surface area contributed by atoms with Crippen molar-refractivity contribution in [3.63, 3.8) is 0 Å². The minimum atomic E-state index is -0.292. The summed E-state index contributed by atoms with van der Waals surface area (Å²) in [4.78, 5) is 15.9. The number of pyridine rings is 1. The largest absolute Gasteiger partial charge is 0.320 e. The van der Waals surface area contributed by atoms with Crippen molar-refractivity contribution in [2.45, 2.75) is 6.92 Å². The second-order valence-corrected chi connectivity index (χ2v) is 4.73. The molecule has 2 rings (SSSR count). The van der Waals surface area contributed by atoms with Gasteiger partial charge < -0.3 is 5.73 Å². The smallest absolute Gasteiger partial charge is 0.259 e. The number of nitrogens with zero attached hydrogens (tertiary/aromatic N) is 3. The van der Waals surface area contributed by atoms with Gasteiger partial charge in [0.1, 0.15) is 5.01 Å². The predicted octanol–water partition coefficient (Wildman–Crippen LogP) is 0.804. The van der Waals surface area contributed by atoms with E-state index in [0.717, 1.165) is 5.01 Å². The molecule has 3 N–H and O–H groups in total. The molecule has 0 atom stereocenters. The van der Waals surface area contributed by atoms with Crippen molar-refractivity contribution in [2.24, 2.45) is 5.73 Å². The Hall–Kier alpha value is -2.30. The third-order valence-corrected chi connectivity index (χ3v) is 2.84. The fourth-order valence-electron chi connectivity index (χ4n) is 1.30. The summed E-state index contributed by atoms with van der Waals surface area (Å²) in [5.41, 5.74) is 6.35. The minimum absolute atomic E-state index is 0.264. The van der Waals surface area contributed by atoms with Crippen molar-refractivity contribution in [1.82, 2.24) is 15.2 Å². The molecule has 19 heavy (non-hydrogen) atoms. The Bertz CT molecular complexity index is 655. The Morgan fingerprint density at radius 2 is 2.32 bits per heavy atom. The number of nitrogens with two attached hydrogens (primary N) is 1. The standard InChI is InChI=1S/C12H11N5OS/c1-8-16-17-12(19-8)15-11(18)10-5-9(3-2-4-13)6-14-7-10/h5-7H,4,13H2,1H3,(H,15,17,18). The van der Waals surface area contributed by atoms with Crippen LogP contribution in [0, 0.1) is 18.8 Å². The number of hydrogen-bond donors (Lipinski definition) is 2. The summed E-state index contributed by atoms with van der Waals surface area (Å²) in [6, 6.07) is 1.65. The molecule has 0 saturated heterocycles. The van der Waals surface area contributed by atoms with Crippen molar-refractivity contribution >= 4 is 22.4 Å². The first-order valence-corrected chi connectivity index (χ1v) is 6.26. The van der Waals surface area contributed by atoms with E-state index in [2.05, 4.69) is 32.3 Å². The summed E-state index contributed by atoms with van der Waals surface area (Å²) < 4.78 is 0. The Morgan fingerprint density at radius 3 is 3.00 bits per heavy atom. The fraction of sp³-hybridized carbons (Fsp3) is 0.167. The maximum atomic E-state index is 12.0. The van der Waals surface area contributed by atoms with Crippen molar-refractivity contribution in [2.75, 3.05) is 11.9 Å². The van der Waals surface area contributed by atoms with E-state index in [4.69, 9.17) is 5.73 Å². The molecule has 0 unspecified atom stereocenters. The second kappa shape index (κ2) is 6.04. The lowest BCUT2D eigenvalue weighted by atomic mass is 10.2. The normalized spacial score (nSPS) is 9.58. The van der Waals surface area contributed by atoms with E-state index < -0.39 is 0 Å². The van der Waals surface area contributed by atoms with E-state index in [9.17, 15) is 4.79 Å². The summed E-state index contributed by atoms with van der Waals surface area (Å²) in [6.07, 6.45) is 3.05. The molecule has 96 valence electrons. The van der Waals surface area contributed by atoms with Gasteiger partial charge in [-0.05, 0) is 13.0 Å². The van der Waals surface area contributed by atoms with Gasteiger partial charge in [-0.15, -0.1) is 10.2 Å². The Kier molecular flexibility index (Phi) is 4.18. The fourth-order valence-corrected chi connectivity index (χ4v) is 1.89. The zero-order valence-corrected chi connectivity index (χ0v) is 11.0. The van der Waals surface area contributed by atoms with E-state index in [-0.39, 0.29) is 12.5 Å². The Labute approximate surface area is 114 Å². The molecule has 2 heterocycles. The van der Waals surface area contributed by atoms with Crippen LogP contribution in [0.5, 0.6) is 0 Å². The van der Waals surface area contributed by atoms with Crippen LogP contribution >= 0.6 is 11.3 Å². The number of rotatable bonds is 2. The molecule has 1 amide bonds. The first-order valence-electron chi connectivity index (χ1n) is 5.44. The molecule has 0 spiro atoms. The van der Waals surface area contributed by atoms with Crippen LogP contribution in [0.15, 0.2) is 18.5 Å². The predicted molar refractivity (Wildman–Crippen MR) is 72.8 cm³/mol. The molecule has 2 aromatic rings. The molecule has 0 saturated carbocycles.